The Kier molecular flexibility index (Phi) is 6.06. The second kappa shape index (κ2) is 8.90. The van der Waals surface area contributed by atoms with Gasteiger partial charge in [0, 0.05) is 43.3 Å². The first-order chi connectivity index (χ1) is 14.6. The van der Waals surface area contributed by atoms with Gasteiger partial charge in [-0.15, -0.1) is 0 Å². The van der Waals surface area contributed by atoms with Crippen molar-refractivity contribution in [2.75, 3.05) is 20.3 Å². The fourth-order valence-corrected chi connectivity index (χ4v) is 4.16. The molecule has 1 aliphatic rings. The number of benzene rings is 2. The van der Waals surface area contributed by atoms with Gasteiger partial charge in [0.2, 0.25) is 0 Å². The van der Waals surface area contributed by atoms with Crippen molar-refractivity contribution in [2.45, 2.75) is 39.0 Å². The number of hydrogen-bond acceptors (Lipinski definition) is 4. The molecule has 2 heterocycles. The summed E-state index contributed by atoms with van der Waals surface area (Å²) < 4.78 is 13.0. The number of fused-ring (bicyclic) bond motifs is 1. The standard InChI is InChI=1S/C24H28N2O4/c1-16-5-7-17(8-6-16)15-26-22-12-18(29-2)9-10-20(22)21(23(26)24(27)28)14-25-13-19-4-3-11-30-19/h5-10,12,19,25H,3-4,11,13-15H2,1-2H3,(H,27,28). The third-order valence-electron chi connectivity index (χ3n) is 5.74. The summed E-state index contributed by atoms with van der Waals surface area (Å²) in [5, 5.41) is 14.4. The van der Waals surface area contributed by atoms with Crippen LogP contribution in [0.3, 0.4) is 0 Å². The fraction of sp³-hybridized carbons (Fsp3) is 0.375. The minimum Gasteiger partial charge on any atom is -0.497 e. The Hall–Kier alpha value is -2.83. The summed E-state index contributed by atoms with van der Waals surface area (Å²) in [5.41, 5.74) is 4.21. The SMILES string of the molecule is COc1ccc2c(CNCC3CCCO3)c(C(=O)O)n(Cc3ccc(C)cc3)c2c1. The van der Waals surface area contributed by atoms with Crippen LogP contribution in [0, 0.1) is 6.92 Å². The Labute approximate surface area is 176 Å². The number of rotatable bonds is 8. The van der Waals surface area contributed by atoms with Gasteiger partial charge in [-0.25, -0.2) is 4.79 Å². The average molecular weight is 408 g/mol. The summed E-state index contributed by atoms with van der Waals surface area (Å²) in [5.74, 6) is -0.216. The number of methoxy groups -OCH3 is 1. The average Bonchev–Trinajstić information content (AvgIpc) is 3.36. The van der Waals surface area contributed by atoms with Crippen LogP contribution in [0.25, 0.3) is 10.9 Å². The highest BCUT2D eigenvalue weighted by atomic mass is 16.5. The maximum atomic E-state index is 12.3. The van der Waals surface area contributed by atoms with E-state index in [-0.39, 0.29) is 6.10 Å². The minimum atomic E-state index is -0.925. The van der Waals surface area contributed by atoms with Gasteiger partial charge in [-0.2, -0.15) is 0 Å². The first-order valence-electron chi connectivity index (χ1n) is 10.4. The number of ether oxygens (including phenoxy) is 2. The van der Waals surface area contributed by atoms with Crippen LogP contribution in [-0.2, 0) is 17.8 Å². The van der Waals surface area contributed by atoms with E-state index in [0.717, 1.165) is 48.0 Å². The van der Waals surface area contributed by atoms with Crippen LogP contribution in [-0.4, -0.2) is 42.0 Å². The van der Waals surface area contributed by atoms with Crippen LogP contribution in [0.15, 0.2) is 42.5 Å². The zero-order valence-corrected chi connectivity index (χ0v) is 17.5. The molecule has 158 valence electrons. The van der Waals surface area contributed by atoms with Crippen molar-refractivity contribution in [3.8, 4) is 5.75 Å². The number of nitrogens with zero attached hydrogens (tertiary/aromatic N) is 1. The summed E-state index contributed by atoms with van der Waals surface area (Å²) >= 11 is 0. The van der Waals surface area contributed by atoms with E-state index in [0.29, 0.717) is 24.5 Å². The van der Waals surface area contributed by atoms with Gasteiger partial charge in [-0.1, -0.05) is 29.8 Å². The second-order valence-corrected chi connectivity index (χ2v) is 7.85. The number of aromatic carboxylic acids is 1. The van der Waals surface area contributed by atoms with Gasteiger partial charge >= 0.3 is 5.97 Å². The second-order valence-electron chi connectivity index (χ2n) is 7.85. The molecule has 2 N–H and O–H groups in total. The highest BCUT2D eigenvalue weighted by Gasteiger charge is 2.23. The molecule has 6 heteroatoms. The predicted molar refractivity (Wildman–Crippen MR) is 116 cm³/mol. The normalized spacial score (nSPS) is 16.3. The Morgan fingerprint density at radius 2 is 2.07 bits per heavy atom. The van der Waals surface area contributed by atoms with Crippen molar-refractivity contribution in [1.82, 2.24) is 9.88 Å². The molecule has 0 amide bonds. The van der Waals surface area contributed by atoms with Crippen molar-refractivity contribution in [3.63, 3.8) is 0 Å². The Bertz CT molecular complexity index is 1030. The summed E-state index contributed by atoms with van der Waals surface area (Å²) in [4.78, 5) is 12.3. The lowest BCUT2D eigenvalue weighted by Crippen LogP contribution is -2.26. The predicted octanol–water partition coefficient (Wildman–Crippen LogP) is 3.97. The van der Waals surface area contributed by atoms with Crippen LogP contribution in [0.4, 0.5) is 0 Å². The first-order valence-corrected chi connectivity index (χ1v) is 10.4. The van der Waals surface area contributed by atoms with E-state index >= 15 is 0 Å². The summed E-state index contributed by atoms with van der Waals surface area (Å²) in [7, 11) is 1.62. The number of aromatic nitrogens is 1. The molecule has 1 aliphatic heterocycles. The van der Waals surface area contributed by atoms with E-state index < -0.39 is 5.97 Å². The van der Waals surface area contributed by atoms with E-state index in [1.807, 2.05) is 54.0 Å². The van der Waals surface area contributed by atoms with Crippen molar-refractivity contribution in [2.24, 2.45) is 0 Å². The summed E-state index contributed by atoms with van der Waals surface area (Å²) in [6.45, 7) is 4.53. The molecule has 3 aromatic rings. The lowest BCUT2D eigenvalue weighted by molar-refractivity contribution is 0.0684. The molecule has 4 rings (SSSR count). The third kappa shape index (κ3) is 4.20. The van der Waals surface area contributed by atoms with Gasteiger partial charge in [0.25, 0.3) is 0 Å². The van der Waals surface area contributed by atoms with E-state index in [4.69, 9.17) is 9.47 Å². The zero-order valence-electron chi connectivity index (χ0n) is 17.5. The molecular weight excluding hydrogens is 380 g/mol. The fourth-order valence-electron chi connectivity index (χ4n) is 4.16. The molecule has 0 aliphatic carbocycles. The van der Waals surface area contributed by atoms with E-state index in [1.54, 1.807) is 7.11 Å². The van der Waals surface area contributed by atoms with Crippen LogP contribution < -0.4 is 10.1 Å². The molecule has 1 aromatic heterocycles. The van der Waals surface area contributed by atoms with Crippen molar-refractivity contribution in [1.29, 1.82) is 0 Å². The number of aryl methyl sites for hydroxylation is 1. The van der Waals surface area contributed by atoms with Crippen molar-refractivity contribution in [3.05, 3.63) is 64.8 Å². The largest absolute Gasteiger partial charge is 0.497 e. The van der Waals surface area contributed by atoms with Crippen LogP contribution >= 0.6 is 0 Å². The Morgan fingerprint density at radius 1 is 1.27 bits per heavy atom. The molecule has 6 nitrogen and oxygen atoms in total. The number of carbonyl (C=O) groups is 1. The van der Waals surface area contributed by atoms with Gasteiger partial charge in [0.15, 0.2) is 0 Å². The highest BCUT2D eigenvalue weighted by Crippen LogP contribution is 2.31. The van der Waals surface area contributed by atoms with E-state index in [2.05, 4.69) is 5.32 Å². The summed E-state index contributed by atoms with van der Waals surface area (Å²) in [6.07, 6.45) is 2.34. The zero-order chi connectivity index (χ0) is 21.1. The number of nitrogens with one attached hydrogen (secondary N) is 1. The molecule has 1 fully saturated rings. The molecule has 0 radical (unpaired) electrons. The van der Waals surface area contributed by atoms with E-state index in [9.17, 15) is 9.90 Å². The third-order valence-corrected chi connectivity index (χ3v) is 5.74. The molecule has 30 heavy (non-hydrogen) atoms. The molecule has 0 bridgehead atoms. The lowest BCUT2D eigenvalue weighted by Gasteiger charge is -2.12. The molecule has 2 aromatic carbocycles. The topological polar surface area (TPSA) is 72.7 Å². The molecule has 0 saturated carbocycles. The van der Waals surface area contributed by atoms with Gasteiger partial charge in [0.05, 0.1) is 18.7 Å². The number of carboxylic acid groups (broad SMARTS) is 1. The van der Waals surface area contributed by atoms with Crippen molar-refractivity contribution < 1.29 is 19.4 Å². The molecular formula is C24H28N2O4. The van der Waals surface area contributed by atoms with Crippen molar-refractivity contribution >= 4 is 16.9 Å². The maximum Gasteiger partial charge on any atom is 0.352 e. The Balaban J connectivity index is 1.73. The number of carboxylic acids is 1. The lowest BCUT2D eigenvalue weighted by atomic mass is 10.1. The summed E-state index contributed by atoms with van der Waals surface area (Å²) in [6, 6.07) is 13.9. The minimum absolute atomic E-state index is 0.208. The van der Waals surface area contributed by atoms with Crippen LogP contribution in [0.5, 0.6) is 5.75 Å². The van der Waals surface area contributed by atoms with Crippen LogP contribution in [0.1, 0.15) is 40.0 Å². The van der Waals surface area contributed by atoms with Gasteiger partial charge < -0.3 is 24.5 Å². The van der Waals surface area contributed by atoms with Gasteiger partial charge in [-0.05, 0) is 37.5 Å². The Morgan fingerprint density at radius 3 is 2.73 bits per heavy atom. The van der Waals surface area contributed by atoms with E-state index in [1.165, 1.54) is 5.56 Å². The number of hydrogen-bond donors (Lipinski definition) is 2. The van der Waals surface area contributed by atoms with Gasteiger partial charge in [-0.3, -0.25) is 0 Å². The monoisotopic (exact) mass is 408 g/mol. The molecule has 1 atom stereocenters. The quantitative estimate of drug-likeness (QED) is 0.590. The molecule has 1 saturated heterocycles. The highest BCUT2D eigenvalue weighted by molar-refractivity contribution is 5.98. The molecule has 1 unspecified atom stereocenters. The molecule has 0 spiro atoms. The first kappa shape index (κ1) is 20.4. The smallest absolute Gasteiger partial charge is 0.352 e. The van der Waals surface area contributed by atoms with Crippen LogP contribution in [0.2, 0.25) is 0 Å². The maximum absolute atomic E-state index is 12.3. The van der Waals surface area contributed by atoms with Gasteiger partial charge in [0.1, 0.15) is 11.4 Å².